The van der Waals surface area contributed by atoms with Gasteiger partial charge in [-0.1, -0.05) is 70.6 Å². The van der Waals surface area contributed by atoms with Gasteiger partial charge >= 0.3 is 0 Å². The summed E-state index contributed by atoms with van der Waals surface area (Å²) in [5, 5.41) is 0. The molecule has 0 aliphatic heterocycles. The van der Waals surface area contributed by atoms with Crippen molar-refractivity contribution >= 4 is 18.2 Å². The van der Waals surface area contributed by atoms with Gasteiger partial charge in [-0.05, 0) is 13.8 Å². The maximum atomic E-state index is 2.21. The first kappa shape index (κ1) is 15.4. The van der Waals surface area contributed by atoms with Gasteiger partial charge in [0.25, 0.3) is 0 Å². The van der Waals surface area contributed by atoms with Crippen molar-refractivity contribution in [3.05, 3.63) is 59.7 Å². The van der Waals surface area contributed by atoms with Crippen LogP contribution in [0, 0.1) is 13.8 Å². The van der Waals surface area contributed by atoms with E-state index in [1.807, 2.05) is 6.07 Å². The molecule has 2 rings (SSSR count). The van der Waals surface area contributed by atoms with E-state index in [9.17, 15) is 0 Å². The quantitative estimate of drug-likeness (QED) is 0.665. The van der Waals surface area contributed by atoms with Gasteiger partial charge in [-0.2, -0.15) is 0 Å². The van der Waals surface area contributed by atoms with Crippen LogP contribution in [-0.4, -0.2) is 18.2 Å². The molecule has 2 nitrogen and oxygen atoms in total. The summed E-state index contributed by atoms with van der Waals surface area (Å²) in [6.45, 7) is 4.27. The lowest BCUT2D eigenvalue weighted by molar-refractivity contribution is 0.823. The Bertz CT molecular complexity index is 435. The third-order valence-electron chi connectivity index (χ3n) is 2.38. The summed E-state index contributed by atoms with van der Waals surface area (Å²) in [7, 11) is 2.21. The summed E-state index contributed by atoms with van der Waals surface area (Å²) in [6, 6.07) is 17.0. The average molecular weight is 229 g/mol. The Hall–Kier alpha value is -1.58. The third-order valence-corrected chi connectivity index (χ3v) is 2.38. The van der Waals surface area contributed by atoms with Gasteiger partial charge in [0.2, 0.25) is 0 Å². The fourth-order valence-electron chi connectivity index (χ4n) is 1.83. The summed E-state index contributed by atoms with van der Waals surface area (Å²) < 4.78 is 0. The lowest BCUT2D eigenvalue weighted by atomic mass is 9.63. The van der Waals surface area contributed by atoms with E-state index in [0.717, 1.165) is 0 Å². The molecule has 17 heavy (non-hydrogen) atoms. The number of hydrogen-bond donors (Lipinski definition) is 0. The molecule has 0 fully saturated rings. The molecule has 0 aliphatic rings. The van der Waals surface area contributed by atoms with Gasteiger partial charge in [0, 0.05) is 0 Å². The van der Waals surface area contributed by atoms with Crippen LogP contribution >= 0.6 is 0 Å². The Labute approximate surface area is 103 Å². The Morgan fingerprint density at radius 1 is 0.706 bits per heavy atom. The van der Waals surface area contributed by atoms with Gasteiger partial charge in [0.1, 0.15) is 0 Å². The third kappa shape index (κ3) is 4.43. The average Bonchev–Trinajstić information content (AvgIpc) is 2.17. The first-order valence-electron chi connectivity index (χ1n) is 5.22. The fourth-order valence-corrected chi connectivity index (χ4v) is 1.83. The van der Waals surface area contributed by atoms with Crippen LogP contribution < -0.4 is 10.9 Å². The van der Waals surface area contributed by atoms with Crippen molar-refractivity contribution in [2.75, 3.05) is 0 Å². The normalized spacial score (nSPS) is 8.82. The predicted molar refractivity (Wildman–Crippen MR) is 74.6 cm³/mol. The van der Waals surface area contributed by atoms with E-state index >= 15 is 0 Å². The maximum absolute atomic E-state index is 2.21. The van der Waals surface area contributed by atoms with E-state index in [1.165, 1.54) is 22.1 Å². The van der Waals surface area contributed by atoms with Crippen LogP contribution in [-0.2, 0) is 0 Å². The van der Waals surface area contributed by atoms with E-state index in [-0.39, 0.29) is 11.0 Å². The summed E-state index contributed by atoms with van der Waals surface area (Å²) in [5.74, 6) is 0. The zero-order valence-corrected chi connectivity index (χ0v) is 10.2. The van der Waals surface area contributed by atoms with Crippen LogP contribution in [0.25, 0.3) is 0 Å². The smallest absolute Gasteiger partial charge is 0.191 e. The van der Waals surface area contributed by atoms with Crippen LogP contribution in [0.1, 0.15) is 11.1 Å². The maximum Gasteiger partial charge on any atom is 0.191 e. The van der Waals surface area contributed by atoms with E-state index in [1.54, 1.807) is 0 Å². The zero-order chi connectivity index (χ0) is 10.7. The monoisotopic (exact) mass is 229 g/mol. The molecule has 0 atom stereocenters. The van der Waals surface area contributed by atoms with Gasteiger partial charge in [0.05, 0.1) is 0 Å². The second kappa shape index (κ2) is 6.89. The van der Waals surface area contributed by atoms with Gasteiger partial charge in [-0.15, -0.1) is 0 Å². The zero-order valence-electron chi connectivity index (χ0n) is 10.2. The van der Waals surface area contributed by atoms with Crippen molar-refractivity contribution in [3.63, 3.8) is 0 Å². The lowest BCUT2D eigenvalue weighted by Gasteiger charge is -2.03. The van der Waals surface area contributed by atoms with Gasteiger partial charge in [-0.25, -0.2) is 0 Å². The van der Waals surface area contributed by atoms with E-state index in [4.69, 9.17) is 0 Å². The first-order valence-corrected chi connectivity index (χ1v) is 5.22. The molecule has 4 N–H and O–H groups in total. The molecular weight excluding hydrogens is 211 g/mol. The minimum absolute atomic E-state index is 0. The molecule has 0 bridgehead atoms. The molecule has 1 radical (unpaired) electrons. The minimum Gasteiger partial charge on any atom is -0.412 e. The van der Waals surface area contributed by atoms with Crippen molar-refractivity contribution in [1.82, 2.24) is 0 Å². The van der Waals surface area contributed by atoms with Crippen LogP contribution in [0.4, 0.5) is 0 Å². The fraction of sp³-hybridized carbons (Fsp3) is 0.143. The van der Waals surface area contributed by atoms with Gasteiger partial charge in [0.15, 0.2) is 7.28 Å². The van der Waals surface area contributed by atoms with Gasteiger partial charge in [-0.3, -0.25) is 0 Å². The highest BCUT2D eigenvalue weighted by Crippen LogP contribution is 1.99. The molecule has 89 valence electrons. The molecule has 0 aliphatic carbocycles. The van der Waals surface area contributed by atoms with Crippen molar-refractivity contribution in [2.24, 2.45) is 0 Å². The molecule has 0 aromatic heterocycles. The van der Waals surface area contributed by atoms with Crippen molar-refractivity contribution < 1.29 is 11.0 Å². The highest BCUT2D eigenvalue weighted by Gasteiger charge is 1.99. The van der Waals surface area contributed by atoms with Gasteiger partial charge < -0.3 is 11.0 Å². The Balaban J connectivity index is 0.00000128. The highest BCUT2D eigenvalue weighted by molar-refractivity contribution is 6.67. The SMILES string of the molecule is Cc1cc(C)cc([B]c2ccccc2)c1.O.O. The topological polar surface area (TPSA) is 63.0 Å². The summed E-state index contributed by atoms with van der Waals surface area (Å²) in [5.41, 5.74) is 5.16. The summed E-state index contributed by atoms with van der Waals surface area (Å²) in [4.78, 5) is 0. The van der Waals surface area contributed by atoms with Crippen LogP contribution in [0.2, 0.25) is 0 Å². The van der Waals surface area contributed by atoms with Crippen LogP contribution in [0.15, 0.2) is 48.5 Å². The summed E-state index contributed by atoms with van der Waals surface area (Å²) >= 11 is 0. The Morgan fingerprint density at radius 3 is 1.76 bits per heavy atom. The highest BCUT2D eigenvalue weighted by atomic mass is 16.0. The molecular formula is C14H18BO2. The molecule has 0 amide bonds. The van der Waals surface area contributed by atoms with Crippen molar-refractivity contribution in [2.45, 2.75) is 13.8 Å². The Morgan fingerprint density at radius 2 is 1.24 bits per heavy atom. The predicted octanol–water partition coefficient (Wildman–Crippen LogP) is 0.309. The largest absolute Gasteiger partial charge is 0.412 e. The molecule has 2 aromatic rings. The number of hydrogen-bond acceptors (Lipinski definition) is 0. The molecule has 2 aromatic carbocycles. The van der Waals surface area contributed by atoms with E-state index in [0.29, 0.717) is 0 Å². The van der Waals surface area contributed by atoms with E-state index < -0.39 is 0 Å². The van der Waals surface area contributed by atoms with E-state index in [2.05, 4.69) is 63.6 Å². The first-order chi connectivity index (χ1) is 7.24. The number of rotatable bonds is 2. The molecule has 0 saturated carbocycles. The number of aryl methyl sites for hydroxylation is 2. The standard InChI is InChI=1S/C14H14B.2H2O/c1-11-8-12(2)10-14(9-11)15-13-6-4-3-5-7-13;;/h3-10H,1-2H3;2*1H2. The Kier molecular flexibility index (Phi) is 6.25. The molecule has 0 heterocycles. The second-order valence-electron chi connectivity index (χ2n) is 3.98. The molecule has 0 saturated heterocycles. The van der Waals surface area contributed by atoms with Crippen molar-refractivity contribution in [3.8, 4) is 0 Å². The van der Waals surface area contributed by atoms with Crippen LogP contribution in [0.3, 0.4) is 0 Å². The summed E-state index contributed by atoms with van der Waals surface area (Å²) in [6.07, 6.45) is 0. The molecule has 0 unspecified atom stereocenters. The molecule has 0 spiro atoms. The minimum atomic E-state index is 0. The number of benzene rings is 2. The second-order valence-corrected chi connectivity index (χ2v) is 3.98. The van der Waals surface area contributed by atoms with Crippen LogP contribution in [0.5, 0.6) is 0 Å². The lowest BCUT2D eigenvalue weighted by Crippen LogP contribution is -2.27. The molecule has 3 heteroatoms. The van der Waals surface area contributed by atoms with Crippen molar-refractivity contribution in [1.29, 1.82) is 0 Å².